The van der Waals surface area contributed by atoms with Crippen LogP contribution in [-0.2, 0) is 18.3 Å². The van der Waals surface area contributed by atoms with E-state index in [1.54, 1.807) is 11.7 Å². The summed E-state index contributed by atoms with van der Waals surface area (Å²) in [5.41, 5.74) is 5.43. The quantitative estimate of drug-likeness (QED) is 0.594. The van der Waals surface area contributed by atoms with Crippen molar-refractivity contribution in [1.29, 1.82) is 0 Å². The van der Waals surface area contributed by atoms with Crippen LogP contribution in [0.4, 0.5) is 5.69 Å². The molecule has 0 atom stereocenters. The van der Waals surface area contributed by atoms with Gasteiger partial charge in [0, 0.05) is 29.4 Å². The third-order valence-corrected chi connectivity index (χ3v) is 4.85. The number of fused-ring (bicyclic) bond motifs is 1. The van der Waals surface area contributed by atoms with Gasteiger partial charge in [0.15, 0.2) is 5.82 Å². The van der Waals surface area contributed by atoms with Crippen molar-refractivity contribution in [2.24, 2.45) is 7.05 Å². The third kappa shape index (κ3) is 3.34. The van der Waals surface area contributed by atoms with Gasteiger partial charge in [0.1, 0.15) is 0 Å². The second kappa shape index (κ2) is 7.19. The number of aryl methyl sites for hydroxylation is 3. The highest BCUT2D eigenvalue weighted by Crippen LogP contribution is 2.24. The van der Waals surface area contributed by atoms with Crippen molar-refractivity contribution in [3.05, 3.63) is 65.4 Å². The molecule has 0 saturated carbocycles. The highest BCUT2D eigenvalue weighted by atomic mass is 16.1. The lowest BCUT2D eigenvalue weighted by Gasteiger charge is -2.13. The molecule has 2 aromatic heterocycles. The number of hydrogen-bond acceptors (Lipinski definition) is 5. The van der Waals surface area contributed by atoms with E-state index in [1.165, 1.54) is 0 Å². The molecule has 2 aromatic carbocycles. The first-order chi connectivity index (χ1) is 13.5. The van der Waals surface area contributed by atoms with Gasteiger partial charge in [-0.2, -0.15) is 0 Å². The van der Waals surface area contributed by atoms with Gasteiger partial charge in [-0.3, -0.25) is 9.78 Å². The number of benzene rings is 2. The van der Waals surface area contributed by atoms with Crippen LogP contribution in [0.3, 0.4) is 0 Å². The van der Waals surface area contributed by atoms with Gasteiger partial charge < -0.3 is 5.32 Å². The molecule has 140 valence electrons. The van der Waals surface area contributed by atoms with Crippen molar-refractivity contribution in [2.75, 3.05) is 5.32 Å². The predicted octanol–water partition coefficient (Wildman–Crippen LogP) is 3.22. The number of nitrogens with one attached hydrogen (secondary N) is 1. The average Bonchev–Trinajstić information content (AvgIpc) is 3.11. The molecule has 7 heteroatoms. The van der Waals surface area contributed by atoms with Crippen LogP contribution in [-0.4, -0.2) is 31.1 Å². The van der Waals surface area contributed by atoms with E-state index in [4.69, 9.17) is 0 Å². The van der Waals surface area contributed by atoms with E-state index in [2.05, 4.69) is 25.8 Å². The summed E-state index contributed by atoms with van der Waals surface area (Å²) in [5.74, 6) is 0.554. The van der Waals surface area contributed by atoms with Crippen LogP contribution in [0.5, 0.6) is 0 Å². The van der Waals surface area contributed by atoms with E-state index < -0.39 is 0 Å². The molecule has 4 aromatic rings. The van der Waals surface area contributed by atoms with Crippen molar-refractivity contribution >= 4 is 22.5 Å². The Morgan fingerprint density at radius 1 is 1.11 bits per heavy atom. The fourth-order valence-electron chi connectivity index (χ4n) is 3.41. The minimum absolute atomic E-state index is 0.0866. The zero-order valence-corrected chi connectivity index (χ0v) is 16.0. The monoisotopic (exact) mass is 372 g/mol. The number of tetrazole rings is 1. The Kier molecular flexibility index (Phi) is 4.57. The molecule has 4 rings (SSSR count). The molecular formula is C21H20N6O. The van der Waals surface area contributed by atoms with Gasteiger partial charge in [-0.15, -0.1) is 5.10 Å². The number of rotatable bonds is 4. The Hall–Kier alpha value is -3.61. The zero-order chi connectivity index (χ0) is 19.7. The van der Waals surface area contributed by atoms with Gasteiger partial charge in [-0.1, -0.05) is 30.3 Å². The van der Waals surface area contributed by atoms with Gasteiger partial charge >= 0.3 is 0 Å². The maximum atomic E-state index is 12.7. The second-order valence-electron chi connectivity index (χ2n) is 6.75. The first-order valence-corrected chi connectivity index (χ1v) is 9.00. The minimum Gasteiger partial charge on any atom is -0.326 e. The lowest BCUT2D eigenvalue weighted by Crippen LogP contribution is -2.16. The van der Waals surface area contributed by atoms with Crippen LogP contribution in [0.25, 0.3) is 22.3 Å². The first kappa shape index (κ1) is 17.8. The lowest BCUT2D eigenvalue weighted by molar-refractivity contribution is -0.115. The maximum absolute atomic E-state index is 12.7. The molecular weight excluding hydrogens is 352 g/mol. The molecule has 0 bridgehead atoms. The molecule has 0 aliphatic heterocycles. The minimum atomic E-state index is -0.0866. The molecule has 28 heavy (non-hydrogen) atoms. The van der Waals surface area contributed by atoms with Crippen molar-refractivity contribution in [3.63, 3.8) is 0 Å². The summed E-state index contributed by atoms with van der Waals surface area (Å²) < 4.78 is 1.59. The number of aromatic nitrogens is 5. The molecule has 0 aliphatic carbocycles. The molecule has 0 saturated heterocycles. The molecule has 1 amide bonds. The summed E-state index contributed by atoms with van der Waals surface area (Å²) in [6, 6.07) is 15.5. The van der Waals surface area contributed by atoms with Gasteiger partial charge in [0.2, 0.25) is 5.91 Å². The number of para-hydroxylation sites is 1. The average molecular weight is 372 g/mol. The number of anilines is 1. The fraction of sp³-hybridized carbons (Fsp3) is 0.190. The summed E-state index contributed by atoms with van der Waals surface area (Å²) in [5, 5.41) is 15.6. The fourth-order valence-corrected chi connectivity index (χ4v) is 3.41. The number of carbonyl (C=O) groups is 1. The molecule has 0 radical (unpaired) electrons. The molecule has 0 fully saturated rings. The van der Waals surface area contributed by atoms with Gasteiger partial charge in [0.05, 0.1) is 11.9 Å². The summed E-state index contributed by atoms with van der Waals surface area (Å²) in [4.78, 5) is 17.4. The third-order valence-electron chi connectivity index (χ3n) is 4.85. The van der Waals surface area contributed by atoms with Crippen molar-refractivity contribution in [3.8, 4) is 11.4 Å². The van der Waals surface area contributed by atoms with E-state index in [0.717, 1.165) is 33.3 Å². The molecule has 0 unspecified atom stereocenters. The highest BCUT2D eigenvalue weighted by molar-refractivity contribution is 5.94. The number of carbonyl (C=O) groups excluding carboxylic acids is 1. The number of pyridine rings is 1. The molecule has 1 N–H and O–H groups in total. The van der Waals surface area contributed by atoms with Gasteiger partial charge in [-0.25, -0.2) is 4.68 Å². The molecule has 0 spiro atoms. The van der Waals surface area contributed by atoms with Crippen molar-refractivity contribution < 1.29 is 4.79 Å². The van der Waals surface area contributed by atoms with Crippen LogP contribution < -0.4 is 5.32 Å². The van der Waals surface area contributed by atoms with E-state index in [0.29, 0.717) is 11.5 Å². The summed E-state index contributed by atoms with van der Waals surface area (Å²) in [6.07, 6.45) is 0.269. The molecule has 2 heterocycles. The smallest absolute Gasteiger partial charge is 0.228 e. The van der Waals surface area contributed by atoms with E-state index >= 15 is 0 Å². The molecule has 7 nitrogen and oxygen atoms in total. The van der Waals surface area contributed by atoms with Crippen LogP contribution in [0, 0.1) is 13.8 Å². The Labute approximate surface area is 162 Å². The summed E-state index contributed by atoms with van der Waals surface area (Å²) in [7, 11) is 1.78. The summed E-state index contributed by atoms with van der Waals surface area (Å²) in [6.45, 7) is 3.99. The van der Waals surface area contributed by atoms with Crippen LogP contribution >= 0.6 is 0 Å². The predicted molar refractivity (Wildman–Crippen MR) is 108 cm³/mol. The van der Waals surface area contributed by atoms with Crippen LogP contribution in [0.1, 0.15) is 16.8 Å². The standard InChI is InChI=1S/C21H20N6O/c1-13-17-9-4-5-10-19(17)22-14(2)18(13)12-20(28)23-16-8-6-7-15(11-16)21-24-25-26-27(21)3/h4-11H,12H2,1-3H3,(H,23,28). The Bertz CT molecular complexity index is 1180. The highest BCUT2D eigenvalue weighted by Gasteiger charge is 2.14. The summed E-state index contributed by atoms with van der Waals surface area (Å²) >= 11 is 0. The Morgan fingerprint density at radius 2 is 1.93 bits per heavy atom. The molecule has 0 aliphatic rings. The van der Waals surface area contributed by atoms with Crippen molar-refractivity contribution in [2.45, 2.75) is 20.3 Å². The Balaban J connectivity index is 1.57. The maximum Gasteiger partial charge on any atom is 0.228 e. The topological polar surface area (TPSA) is 85.6 Å². The van der Waals surface area contributed by atoms with Gasteiger partial charge in [-0.05, 0) is 53.6 Å². The van der Waals surface area contributed by atoms with Gasteiger partial charge in [0.25, 0.3) is 0 Å². The lowest BCUT2D eigenvalue weighted by atomic mass is 9.99. The normalized spacial score (nSPS) is 11.0. The number of nitrogens with zero attached hydrogens (tertiary/aromatic N) is 5. The van der Waals surface area contributed by atoms with Crippen molar-refractivity contribution in [1.82, 2.24) is 25.2 Å². The van der Waals surface area contributed by atoms with E-state index in [9.17, 15) is 4.79 Å². The number of amides is 1. The SMILES string of the molecule is Cc1nc2ccccc2c(C)c1CC(=O)Nc1cccc(-c2nnnn2C)c1. The van der Waals surface area contributed by atoms with Crippen LogP contribution in [0.2, 0.25) is 0 Å². The van der Waals surface area contributed by atoms with E-state index in [1.807, 2.05) is 62.4 Å². The number of hydrogen-bond donors (Lipinski definition) is 1. The first-order valence-electron chi connectivity index (χ1n) is 9.00. The zero-order valence-electron chi connectivity index (χ0n) is 16.0. The van der Waals surface area contributed by atoms with Crippen LogP contribution in [0.15, 0.2) is 48.5 Å². The Morgan fingerprint density at radius 3 is 2.71 bits per heavy atom. The van der Waals surface area contributed by atoms with E-state index in [-0.39, 0.29) is 12.3 Å². The largest absolute Gasteiger partial charge is 0.326 e. The second-order valence-corrected chi connectivity index (χ2v) is 6.75.